The maximum absolute atomic E-state index is 12.0. The van der Waals surface area contributed by atoms with E-state index in [1.54, 1.807) is 0 Å². The molecule has 0 aliphatic rings. The molecule has 23 heavy (non-hydrogen) atoms. The van der Waals surface area contributed by atoms with Gasteiger partial charge in [-0.3, -0.25) is 0 Å². The first-order chi connectivity index (χ1) is 9.88. The summed E-state index contributed by atoms with van der Waals surface area (Å²) in [6, 6.07) is 7.70. The topological polar surface area (TPSA) is 136 Å². The summed E-state index contributed by atoms with van der Waals surface area (Å²) in [5.41, 5.74) is 11.2. The number of carboxylic acids is 1. The molecule has 7 nitrogen and oxygen atoms in total. The number of carbonyl (C=O) groups excluding carboxylic acids is 1. The Hall–Kier alpha value is -1.22. The van der Waals surface area contributed by atoms with E-state index in [2.05, 4.69) is 0 Å². The van der Waals surface area contributed by atoms with E-state index in [0.29, 0.717) is 0 Å². The first-order valence-electron chi connectivity index (χ1n) is 5.82. The molecule has 112 valence electrons. The average Bonchev–Trinajstić information content (AvgIpc) is 2.37. The van der Waals surface area contributed by atoms with Gasteiger partial charge in [0.05, 0.1) is 0 Å². The van der Waals surface area contributed by atoms with Crippen molar-refractivity contribution in [2.75, 3.05) is 11.5 Å². The number of aromatic carboxylic acids is 1. The van der Waals surface area contributed by atoms with Crippen molar-refractivity contribution in [3.8, 4) is 11.5 Å². The molecule has 0 heterocycles. The van der Waals surface area contributed by atoms with E-state index in [9.17, 15) is 14.7 Å². The van der Waals surface area contributed by atoms with E-state index >= 15 is 0 Å². The van der Waals surface area contributed by atoms with Crippen molar-refractivity contribution in [1.29, 1.82) is 0 Å². The third-order valence-electron chi connectivity index (χ3n) is 2.68. The molecule has 0 unspecified atom stereocenters. The molecule has 0 spiro atoms. The number of hydrogen-bond acceptors (Lipinski definition) is 6. The normalized spacial score (nSPS) is 9.22. The monoisotopic (exact) mass is 336 g/mol. The molecule has 0 bridgehead atoms. The Morgan fingerprint density at radius 1 is 0.913 bits per heavy atom. The van der Waals surface area contributed by atoms with Crippen LogP contribution in [0.3, 0.4) is 0 Å². The summed E-state index contributed by atoms with van der Waals surface area (Å²) >= 11 is 0. The quantitative estimate of drug-likeness (QED) is 0.272. The Morgan fingerprint density at radius 3 is 1.96 bits per heavy atom. The fourth-order valence-corrected chi connectivity index (χ4v) is 1.68. The van der Waals surface area contributed by atoms with E-state index < -0.39 is 11.9 Å². The van der Waals surface area contributed by atoms with Gasteiger partial charge in [-0.2, -0.15) is 0 Å². The molecule has 0 aliphatic heterocycles. The van der Waals surface area contributed by atoms with Gasteiger partial charge in [0.1, 0.15) is 22.6 Å². The van der Waals surface area contributed by atoms with Crippen molar-refractivity contribution in [3.63, 3.8) is 0 Å². The summed E-state index contributed by atoms with van der Waals surface area (Å²) in [4.78, 5) is 23.0. The van der Waals surface area contributed by atoms with Gasteiger partial charge in [0.25, 0.3) is 0 Å². The molecule has 2 rings (SSSR count). The zero-order chi connectivity index (χ0) is 15.6. The molecule has 0 amide bonds. The van der Waals surface area contributed by atoms with Gasteiger partial charge in [0.15, 0.2) is 0 Å². The summed E-state index contributed by atoms with van der Waals surface area (Å²) in [6.45, 7) is 0. The SMILES string of the molecule is Nc1ccc(C(=O)Oc2cc(N)ccc2C(=O)O)c(O)c1.[NaH].[NaH]. The van der Waals surface area contributed by atoms with Crippen molar-refractivity contribution in [2.45, 2.75) is 0 Å². The van der Waals surface area contributed by atoms with Gasteiger partial charge < -0.3 is 26.4 Å². The Morgan fingerprint density at radius 2 is 1.43 bits per heavy atom. The predicted molar refractivity (Wildman–Crippen MR) is 89.6 cm³/mol. The second kappa shape index (κ2) is 9.17. The summed E-state index contributed by atoms with van der Waals surface area (Å²) < 4.78 is 4.99. The second-order valence-corrected chi connectivity index (χ2v) is 4.23. The van der Waals surface area contributed by atoms with Crippen LogP contribution in [0.1, 0.15) is 20.7 Å². The number of hydrogen-bond donors (Lipinski definition) is 4. The summed E-state index contributed by atoms with van der Waals surface area (Å²) in [5.74, 6) is -2.75. The van der Waals surface area contributed by atoms with Crippen molar-refractivity contribution < 1.29 is 24.5 Å². The molecule has 0 atom stereocenters. The van der Waals surface area contributed by atoms with E-state index in [-0.39, 0.29) is 93.1 Å². The summed E-state index contributed by atoms with van der Waals surface area (Å²) in [6.07, 6.45) is 0. The van der Waals surface area contributed by atoms with Gasteiger partial charge in [-0.1, -0.05) is 0 Å². The van der Waals surface area contributed by atoms with Gasteiger partial charge in [0, 0.05) is 23.5 Å². The number of esters is 1. The van der Waals surface area contributed by atoms with Crippen LogP contribution in [0.2, 0.25) is 0 Å². The van der Waals surface area contributed by atoms with Gasteiger partial charge in [-0.25, -0.2) is 9.59 Å². The van der Waals surface area contributed by atoms with E-state index in [4.69, 9.17) is 21.3 Å². The minimum absolute atomic E-state index is 0. The average molecular weight is 336 g/mol. The summed E-state index contributed by atoms with van der Waals surface area (Å²) in [5, 5.41) is 18.7. The Balaban J connectivity index is 0.00000242. The fourth-order valence-electron chi connectivity index (χ4n) is 1.68. The molecule has 0 aliphatic carbocycles. The number of carbonyl (C=O) groups is 2. The Bertz CT molecular complexity index is 737. The van der Waals surface area contributed by atoms with Crippen molar-refractivity contribution in [1.82, 2.24) is 0 Å². The van der Waals surface area contributed by atoms with Gasteiger partial charge in [-0.05, 0) is 24.3 Å². The molecule has 9 heteroatoms. The number of phenolic OH excluding ortho intramolecular Hbond substituents is 1. The number of nitrogens with two attached hydrogens (primary N) is 2. The van der Waals surface area contributed by atoms with Crippen LogP contribution in [0.25, 0.3) is 0 Å². The zero-order valence-corrected chi connectivity index (χ0v) is 10.7. The molecular formula is C14H14N2Na2O5. The van der Waals surface area contributed by atoms with Crippen LogP contribution in [0.15, 0.2) is 36.4 Å². The van der Waals surface area contributed by atoms with Crippen LogP contribution in [0, 0.1) is 0 Å². The van der Waals surface area contributed by atoms with E-state index in [1.807, 2.05) is 0 Å². The number of carboxylic acid groups (broad SMARTS) is 1. The van der Waals surface area contributed by atoms with Crippen LogP contribution in [-0.4, -0.2) is 81.3 Å². The van der Waals surface area contributed by atoms with Crippen molar-refractivity contribution in [2.24, 2.45) is 0 Å². The third kappa shape index (κ3) is 5.42. The first kappa shape index (κ1) is 21.8. The number of nitrogen functional groups attached to an aromatic ring is 2. The van der Waals surface area contributed by atoms with Crippen LogP contribution in [0.5, 0.6) is 11.5 Å². The molecule has 2 aromatic carbocycles. The van der Waals surface area contributed by atoms with Crippen LogP contribution >= 0.6 is 0 Å². The minimum atomic E-state index is -1.26. The third-order valence-corrected chi connectivity index (χ3v) is 2.68. The molecule has 6 N–H and O–H groups in total. The first-order valence-corrected chi connectivity index (χ1v) is 5.82. The molecular weight excluding hydrogens is 322 g/mol. The van der Waals surface area contributed by atoms with E-state index in [0.717, 1.165) is 0 Å². The standard InChI is InChI=1S/C14H12N2O5.2Na.2H/c15-7-1-3-9(11(17)5-7)14(20)21-12-6-8(16)2-4-10(12)13(18)19;;;;/h1-6,17H,15-16H2,(H,18,19);;;;. The molecule has 2 aromatic rings. The Labute approximate surface area is 176 Å². The number of phenols is 1. The molecule has 0 aromatic heterocycles. The van der Waals surface area contributed by atoms with Crippen LogP contribution < -0.4 is 16.2 Å². The van der Waals surface area contributed by atoms with Gasteiger partial charge >= 0.3 is 71.1 Å². The number of anilines is 2. The second-order valence-electron chi connectivity index (χ2n) is 4.23. The van der Waals surface area contributed by atoms with Crippen molar-refractivity contribution >= 4 is 82.4 Å². The fraction of sp³-hybridized carbons (Fsp3) is 0. The molecule has 0 saturated heterocycles. The molecule has 0 saturated carbocycles. The number of benzene rings is 2. The Kier molecular flexibility index (Phi) is 8.68. The number of ether oxygens (including phenoxy) is 1. The van der Waals surface area contributed by atoms with Crippen molar-refractivity contribution in [3.05, 3.63) is 47.5 Å². The van der Waals surface area contributed by atoms with Crippen LogP contribution in [-0.2, 0) is 0 Å². The van der Waals surface area contributed by atoms with Gasteiger partial charge in [0.2, 0.25) is 0 Å². The predicted octanol–water partition coefficient (Wildman–Crippen LogP) is 0.177. The number of rotatable bonds is 3. The van der Waals surface area contributed by atoms with Gasteiger partial charge in [-0.15, -0.1) is 0 Å². The number of aromatic hydroxyl groups is 1. The van der Waals surface area contributed by atoms with Crippen LogP contribution in [0.4, 0.5) is 11.4 Å². The molecule has 0 fully saturated rings. The molecule has 0 radical (unpaired) electrons. The summed E-state index contributed by atoms with van der Waals surface area (Å²) in [7, 11) is 0. The van der Waals surface area contributed by atoms with E-state index in [1.165, 1.54) is 36.4 Å². The zero-order valence-electron chi connectivity index (χ0n) is 10.7. The maximum atomic E-state index is 12.0.